The van der Waals surface area contributed by atoms with Gasteiger partial charge in [0.25, 0.3) is 0 Å². The van der Waals surface area contributed by atoms with Gasteiger partial charge in [-0.15, -0.1) is 0 Å². The summed E-state index contributed by atoms with van der Waals surface area (Å²) >= 11 is 1.37. The van der Waals surface area contributed by atoms with Crippen LogP contribution in [0, 0.1) is 5.82 Å². The average molecular weight is 271 g/mol. The number of rotatable bonds is 0. The van der Waals surface area contributed by atoms with Gasteiger partial charge in [-0.1, -0.05) is 0 Å². The Morgan fingerprint density at radius 3 is 2.64 bits per heavy atom. The van der Waals surface area contributed by atoms with Crippen LogP contribution < -0.4 is 17.1 Å². The van der Waals surface area contributed by atoms with Gasteiger partial charge < -0.3 is 5.84 Å². The van der Waals surface area contributed by atoms with E-state index >= 15 is 0 Å². The molecule has 1 rings (SSSR count). The maximum Gasteiger partial charge on any atom is 0.358 e. The molecule has 0 spiro atoms. The van der Waals surface area contributed by atoms with Gasteiger partial charge >= 0.3 is 11.2 Å². The Balaban J connectivity index is 3.74. The van der Waals surface area contributed by atoms with E-state index in [1.165, 1.54) is 22.9 Å². The van der Waals surface area contributed by atoms with Gasteiger partial charge in [-0.05, 0) is 0 Å². The first-order valence-electron chi connectivity index (χ1n) is 2.49. The molecule has 0 fully saturated rings. The molecule has 11 heavy (non-hydrogen) atoms. The molecule has 1 heterocycles. The second-order valence-corrected chi connectivity index (χ2v) is 2.72. The first kappa shape index (κ1) is 8.24. The lowest BCUT2D eigenvalue weighted by atomic mass is 10.6. The number of halogens is 2. The molecular weight excluding hydrogens is 268 g/mol. The molecule has 0 amide bonds. The molecule has 0 saturated carbocycles. The average Bonchev–Trinajstić information content (AvgIpc) is 1.97. The molecule has 0 unspecified atom stereocenters. The maximum absolute atomic E-state index is 12.4. The molecule has 5 nitrogen and oxygen atoms in total. The number of hydrogen-bond acceptors (Lipinski definition) is 3. The van der Waals surface area contributed by atoms with Crippen LogP contribution in [0.4, 0.5) is 4.39 Å². The molecule has 0 bridgehead atoms. The second kappa shape index (κ2) is 2.64. The lowest BCUT2D eigenvalue weighted by Crippen LogP contribution is -2.39. The summed E-state index contributed by atoms with van der Waals surface area (Å²) in [4.78, 5) is 21.4. The van der Waals surface area contributed by atoms with Gasteiger partial charge in [-0.2, -0.15) is 7.17 Å². The molecule has 2 N–H and O–H groups in total. The van der Waals surface area contributed by atoms with Gasteiger partial charge in [0.15, 0.2) is 0 Å². The van der Waals surface area contributed by atoms with Gasteiger partial charge in [0.05, 0.1) is 29.1 Å². The summed E-state index contributed by atoms with van der Waals surface area (Å²) < 4.78 is 13.5. The molecule has 0 saturated heterocycles. The summed E-state index contributed by atoms with van der Waals surface area (Å²) in [5.74, 6) is 3.94. The Morgan fingerprint density at radius 2 is 2.09 bits per heavy atom. The Morgan fingerprint density at radius 1 is 1.55 bits per heavy atom. The standard InChI is InChI=1S/C4H3FIN3O2/c5-2-1-8(7)4(11)9(6)3(2)10/h1H,7H2. The highest BCUT2D eigenvalue weighted by atomic mass is 127. The van der Waals surface area contributed by atoms with Crippen molar-refractivity contribution in [3.8, 4) is 0 Å². The normalized spacial score (nSPS) is 10.0. The van der Waals surface area contributed by atoms with Crippen LogP contribution in [0.3, 0.4) is 0 Å². The van der Waals surface area contributed by atoms with Gasteiger partial charge in [-0.3, -0.25) is 4.79 Å². The summed E-state index contributed by atoms with van der Waals surface area (Å²) in [6.07, 6.45) is 0.639. The van der Waals surface area contributed by atoms with Crippen molar-refractivity contribution in [3.63, 3.8) is 0 Å². The number of aromatic nitrogens is 2. The van der Waals surface area contributed by atoms with E-state index in [0.717, 1.165) is 0 Å². The number of nitrogens with two attached hydrogens (primary N) is 1. The smallest absolute Gasteiger partial charge is 0.335 e. The third-order valence-corrected chi connectivity index (χ3v) is 1.87. The third kappa shape index (κ3) is 1.27. The molecule has 0 radical (unpaired) electrons. The van der Waals surface area contributed by atoms with Crippen LogP contribution in [-0.2, 0) is 0 Å². The van der Waals surface area contributed by atoms with Crippen molar-refractivity contribution >= 4 is 22.9 Å². The lowest BCUT2D eigenvalue weighted by Gasteiger charge is -1.97. The number of nitrogen functional groups attached to an aromatic ring is 1. The quantitative estimate of drug-likeness (QED) is 0.489. The second-order valence-electron chi connectivity index (χ2n) is 1.75. The van der Waals surface area contributed by atoms with Gasteiger partial charge in [0.2, 0.25) is 5.82 Å². The van der Waals surface area contributed by atoms with Crippen molar-refractivity contribution in [1.29, 1.82) is 0 Å². The van der Waals surface area contributed by atoms with Crippen LogP contribution in [-0.4, -0.2) is 7.46 Å². The van der Waals surface area contributed by atoms with Crippen LogP contribution in [0.5, 0.6) is 0 Å². The molecule has 0 atom stereocenters. The van der Waals surface area contributed by atoms with Gasteiger partial charge in [0, 0.05) is 0 Å². The molecule has 0 aliphatic rings. The molecule has 60 valence electrons. The third-order valence-electron chi connectivity index (χ3n) is 1.02. The van der Waals surface area contributed by atoms with Crippen molar-refractivity contribution in [1.82, 2.24) is 7.46 Å². The van der Waals surface area contributed by atoms with E-state index in [1.54, 1.807) is 0 Å². The minimum atomic E-state index is -1.05. The number of nitrogens with zero attached hydrogens (tertiary/aromatic N) is 2. The Bertz CT molecular complexity index is 361. The van der Waals surface area contributed by atoms with Crippen LogP contribution in [0.25, 0.3) is 0 Å². The first-order chi connectivity index (χ1) is 5.04. The summed E-state index contributed by atoms with van der Waals surface area (Å²) in [5.41, 5.74) is -1.76. The summed E-state index contributed by atoms with van der Waals surface area (Å²) in [5, 5.41) is 0. The van der Waals surface area contributed by atoms with E-state index in [-0.39, 0.29) is 0 Å². The predicted molar refractivity (Wildman–Crippen MR) is 44.5 cm³/mol. The highest BCUT2D eigenvalue weighted by Crippen LogP contribution is 1.84. The fraction of sp³-hybridized carbons (Fsp3) is 0. The van der Waals surface area contributed by atoms with Crippen molar-refractivity contribution in [3.05, 3.63) is 32.9 Å². The van der Waals surface area contributed by atoms with E-state index in [2.05, 4.69) is 0 Å². The van der Waals surface area contributed by atoms with Crippen molar-refractivity contribution in [2.75, 3.05) is 5.84 Å². The Hall–Kier alpha value is -0.860. The lowest BCUT2D eigenvalue weighted by molar-refractivity contribution is 0.580. The highest BCUT2D eigenvalue weighted by molar-refractivity contribution is 14.1. The zero-order valence-corrected chi connectivity index (χ0v) is 7.28. The molecule has 1 aromatic rings. The van der Waals surface area contributed by atoms with E-state index < -0.39 is 17.1 Å². The summed E-state index contributed by atoms with van der Waals surface area (Å²) in [6, 6.07) is 0. The molecular formula is C4H3FIN3O2. The van der Waals surface area contributed by atoms with Crippen molar-refractivity contribution in [2.45, 2.75) is 0 Å². The molecule has 0 aliphatic carbocycles. The SMILES string of the molecule is Nn1cc(F)c(=O)n(I)c1=O. The summed E-state index contributed by atoms with van der Waals surface area (Å²) in [7, 11) is 0. The highest BCUT2D eigenvalue weighted by Gasteiger charge is 2.05. The Labute approximate surface area is 73.7 Å². The fourth-order valence-electron chi connectivity index (χ4n) is 0.515. The van der Waals surface area contributed by atoms with E-state index in [0.29, 0.717) is 13.7 Å². The zero-order chi connectivity index (χ0) is 8.59. The van der Waals surface area contributed by atoms with Crippen molar-refractivity contribution < 1.29 is 4.39 Å². The van der Waals surface area contributed by atoms with Crippen LogP contribution in [0.1, 0.15) is 0 Å². The van der Waals surface area contributed by atoms with Gasteiger partial charge in [-0.25, -0.2) is 9.47 Å². The monoisotopic (exact) mass is 271 g/mol. The largest absolute Gasteiger partial charge is 0.358 e. The predicted octanol–water partition coefficient (Wildman–Crippen LogP) is -0.939. The van der Waals surface area contributed by atoms with Crippen LogP contribution >= 0.6 is 22.9 Å². The van der Waals surface area contributed by atoms with E-state index in [4.69, 9.17) is 5.84 Å². The first-order valence-corrected chi connectivity index (χ1v) is 3.46. The zero-order valence-electron chi connectivity index (χ0n) is 5.12. The molecule has 0 aromatic carbocycles. The number of hydrogen-bond donors (Lipinski definition) is 1. The minimum Gasteiger partial charge on any atom is -0.335 e. The van der Waals surface area contributed by atoms with E-state index in [1.807, 2.05) is 0 Å². The topological polar surface area (TPSA) is 70.0 Å². The van der Waals surface area contributed by atoms with Crippen molar-refractivity contribution in [2.24, 2.45) is 0 Å². The van der Waals surface area contributed by atoms with E-state index in [9.17, 15) is 14.0 Å². The minimum absolute atomic E-state index is 0.503. The molecule has 7 heteroatoms. The summed E-state index contributed by atoms with van der Waals surface area (Å²) in [6.45, 7) is 0. The van der Waals surface area contributed by atoms with Crippen LogP contribution in [0.15, 0.2) is 15.8 Å². The van der Waals surface area contributed by atoms with Crippen LogP contribution in [0.2, 0.25) is 0 Å². The maximum atomic E-state index is 12.4. The Kier molecular flexibility index (Phi) is 1.98. The fourth-order valence-corrected chi connectivity index (χ4v) is 0.994. The molecule has 1 aromatic heterocycles. The van der Waals surface area contributed by atoms with Gasteiger partial charge in [0.1, 0.15) is 0 Å². The molecule has 0 aliphatic heterocycles.